The largest absolute Gasteiger partial charge is 0.346 e. The lowest BCUT2D eigenvalue weighted by Gasteiger charge is -2.21. The number of benzene rings is 2. The highest BCUT2D eigenvalue weighted by atomic mass is 35.5. The van der Waals surface area contributed by atoms with Gasteiger partial charge in [-0.1, -0.05) is 35.9 Å². The Kier molecular flexibility index (Phi) is 6.14. The Hall–Kier alpha value is -1.10. The first-order chi connectivity index (χ1) is 11.6. The Labute approximate surface area is 156 Å². The van der Waals surface area contributed by atoms with Crippen LogP contribution in [-0.2, 0) is 0 Å². The van der Waals surface area contributed by atoms with Crippen LogP contribution in [0.4, 0.5) is 0 Å². The number of rotatable bonds is 4. The molecule has 0 bridgehead atoms. The van der Waals surface area contributed by atoms with E-state index in [1.165, 1.54) is 23.5 Å². The lowest BCUT2D eigenvalue weighted by atomic mass is 10.1. The number of carbonyl (C=O) groups excluding carboxylic acids is 1. The van der Waals surface area contributed by atoms with Crippen molar-refractivity contribution < 1.29 is 4.79 Å². The van der Waals surface area contributed by atoms with Crippen LogP contribution >= 0.6 is 35.1 Å². The molecule has 1 aliphatic heterocycles. The van der Waals surface area contributed by atoms with E-state index in [2.05, 4.69) is 17.4 Å². The maximum atomic E-state index is 12.4. The van der Waals surface area contributed by atoms with Gasteiger partial charge in [0.05, 0.1) is 10.6 Å². The summed E-state index contributed by atoms with van der Waals surface area (Å²) in [6.45, 7) is 1.97. The zero-order chi connectivity index (χ0) is 16.9. The fraction of sp³-hybridized carbons (Fsp3) is 0.316. The molecule has 1 aliphatic rings. The van der Waals surface area contributed by atoms with Crippen molar-refractivity contribution >= 4 is 41.0 Å². The summed E-state index contributed by atoms with van der Waals surface area (Å²) in [5.41, 5.74) is 2.99. The lowest BCUT2D eigenvalue weighted by molar-refractivity contribution is 0.0940. The number of hydrogen-bond donors (Lipinski definition) is 1. The second-order valence-corrected chi connectivity index (χ2v) is 8.96. The van der Waals surface area contributed by atoms with E-state index in [1.54, 1.807) is 0 Å². The molecule has 1 N–H and O–H groups in total. The molecule has 1 fully saturated rings. The molecule has 5 heteroatoms. The maximum Gasteiger partial charge on any atom is 0.251 e. The average molecular weight is 378 g/mol. The van der Waals surface area contributed by atoms with Crippen LogP contribution < -0.4 is 5.32 Å². The number of amides is 1. The molecule has 0 saturated carbocycles. The quantitative estimate of drug-likeness (QED) is 0.740. The monoisotopic (exact) mass is 377 g/mol. The summed E-state index contributed by atoms with van der Waals surface area (Å²) in [7, 11) is 0. The van der Waals surface area contributed by atoms with Crippen LogP contribution in [0.15, 0.2) is 48.5 Å². The van der Waals surface area contributed by atoms with Crippen LogP contribution in [0, 0.1) is 0 Å². The number of thioether (sulfide) groups is 2. The summed E-state index contributed by atoms with van der Waals surface area (Å²) in [5.74, 6) is 2.38. The van der Waals surface area contributed by atoms with Gasteiger partial charge in [-0.25, -0.2) is 0 Å². The first-order valence-electron chi connectivity index (χ1n) is 8.03. The Bertz CT molecular complexity index is 699. The zero-order valence-electron chi connectivity index (χ0n) is 13.5. The molecule has 1 amide bonds. The molecule has 1 saturated heterocycles. The third kappa shape index (κ3) is 4.50. The fourth-order valence-corrected chi connectivity index (χ4v) is 5.70. The van der Waals surface area contributed by atoms with Gasteiger partial charge >= 0.3 is 0 Å². The lowest BCUT2D eigenvalue weighted by Crippen LogP contribution is -2.26. The van der Waals surface area contributed by atoms with Crippen molar-refractivity contribution in [3.05, 3.63) is 70.2 Å². The minimum absolute atomic E-state index is 0.0574. The van der Waals surface area contributed by atoms with Gasteiger partial charge in [0.15, 0.2) is 0 Å². The van der Waals surface area contributed by atoms with Crippen LogP contribution in [-0.4, -0.2) is 17.4 Å². The molecular weight excluding hydrogens is 358 g/mol. The highest BCUT2D eigenvalue weighted by molar-refractivity contribution is 8.16. The molecule has 2 aromatic carbocycles. The van der Waals surface area contributed by atoms with E-state index in [4.69, 9.17) is 11.6 Å². The highest BCUT2D eigenvalue weighted by Crippen LogP contribution is 2.43. The molecule has 0 aromatic heterocycles. The molecule has 0 spiro atoms. The van der Waals surface area contributed by atoms with Gasteiger partial charge in [-0.3, -0.25) is 4.79 Å². The Morgan fingerprint density at radius 2 is 1.88 bits per heavy atom. The van der Waals surface area contributed by atoms with Crippen molar-refractivity contribution in [2.75, 3.05) is 11.5 Å². The molecule has 3 rings (SSSR count). The van der Waals surface area contributed by atoms with Crippen molar-refractivity contribution in [1.82, 2.24) is 5.32 Å². The zero-order valence-corrected chi connectivity index (χ0v) is 15.9. The van der Waals surface area contributed by atoms with Gasteiger partial charge in [-0.15, -0.1) is 23.5 Å². The van der Waals surface area contributed by atoms with Gasteiger partial charge in [0.1, 0.15) is 0 Å². The highest BCUT2D eigenvalue weighted by Gasteiger charge is 2.17. The second kappa shape index (κ2) is 8.32. The summed E-state index contributed by atoms with van der Waals surface area (Å²) >= 11 is 10.00. The number of carbonyl (C=O) groups is 1. The van der Waals surface area contributed by atoms with E-state index in [1.807, 2.05) is 66.8 Å². The van der Waals surface area contributed by atoms with E-state index in [9.17, 15) is 4.79 Å². The number of halogens is 1. The van der Waals surface area contributed by atoms with Gasteiger partial charge < -0.3 is 5.32 Å². The Morgan fingerprint density at radius 1 is 1.17 bits per heavy atom. The SMILES string of the molecule is C[C@H](NC(=O)c1ccc(C2SCCCS2)cc1)c1cccc(Cl)c1. The fourth-order valence-electron chi connectivity index (χ4n) is 2.61. The molecule has 24 heavy (non-hydrogen) atoms. The van der Waals surface area contributed by atoms with Crippen LogP contribution in [0.5, 0.6) is 0 Å². The van der Waals surface area contributed by atoms with Gasteiger partial charge in [0, 0.05) is 10.6 Å². The summed E-state index contributed by atoms with van der Waals surface area (Å²) in [5, 5.41) is 3.71. The smallest absolute Gasteiger partial charge is 0.251 e. The molecular formula is C19H20ClNOS2. The first-order valence-corrected chi connectivity index (χ1v) is 10.5. The third-order valence-electron chi connectivity index (χ3n) is 3.97. The normalized spacial score (nSPS) is 16.6. The summed E-state index contributed by atoms with van der Waals surface area (Å²) in [6.07, 6.45) is 1.29. The van der Waals surface area contributed by atoms with Gasteiger partial charge in [-0.05, 0) is 60.2 Å². The van der Waals surface area contributed by atoms with Crippen molar-refractivity contribution in [2.45, 2.75) is 24.0 Å². The van der Waals surface area contributed by atoms with E-state index in [0.29, 0.717) is 15.2 Å². The third-order valence-corrected chi connectivity index (χ3v) is 7.22. The molecule has 0 unspecified atom stereocenters. The second-order valence-electron chi connectivity index (χ2n) is 5.80. The molecule has 126 valence electrons. The van der Waals surface area contributed by atoms with Gasteiger partial charge in [0.25, 0.3) is 5.91 Å². The minimum atomic E-state index is -0.0830. The van der Waals surface area contributed by atoms with E-state index in [-0.39, 0.29) is 11.9 Å². The van der Waals surface area contributed by atoms with E-state index in [0.717, 1.165) is 5.56 Å². The molecule has 0 aliphatic carbocycles. The number of hydrogen-bond acceptors (Lipinski definition) is 3. The molecule has 1 atom stereocenters. The molecule has 2 nitrogen and oxygen atoms in total. The van der Waals surface area contributed by atoms with Gasteiger partial charge in [-0.2, -0.15) is 0 Å². The van der Waals surface area contributed by atoms with E-state index >= 15 is 0 Å². The van der Waals surface area contributed by atoms with Crippen molar-refractivity contribution in [3.8, 4) is 0 Å². The van der Waals surface area contributed by atoms with Crippen molar-refractivity contribution in [2.24, 2.45) is 0 Å². The predicted molar refractivity (Wildman–Crippen MR) is 106 cm³/mol. The van der Waals surface area contributed by atoms with Crippen molar-refractivity contribution in [1.29, 1.82) is 0 Å². The summed E-state index contributed by atoms with van der Waals surface area (Å²) in [6, 6.07) is 15.5. The Balaban J connectivity index is 1.64. The first kappa shape index (κ1) is 17.7. The van der Waals surface area contributed by atoms with Crippen molar-refractivity contribution in [3.63, 3.8) is 0 Å². The van der Waals surface area contributed by atoms with Crippen LogP contribution in [0.3, 0.4) is 0 Å². The van der Waals surface area contributed by atoms with Crippen LogP contribution in [0.2, 0.25) is 5.02 Å². The molecule has 2 aromatic rings. The minimum Gasteiger partial charge on any atom is -0.346 e. The average Bonchev–Trinajstić information content (AvgIpc) is 2.62. The van der Waals surface area contributed by atoms with Crippen LogP contribution in [0.1, 0.15) is 45.5 Å². The summed E-state index contributed by atoms with van der Waals surface area (Å²) in [4.78, 5) is 12.4. The standard InChI is InChI=1S/C19H20ClNOS2/c1-13(16-4-2-5-17(20)12-16)21-18(22)14-6-8-15(9-7-14)19-23-10-3-11-24-19/h2,4-9,12-13,19H,3,10-11H2,1H3,(H,21,22)/t13-/m0/s1. The topological polar surface area (TPSA) is 29.1 Å². The summed E-state index contributed by atoms with van der Waals surface area (Å²) < 4.78 is 0.501. The van der Waals surface area contributed by atoms with Crippen LogP contribution in [0.25, 0.3) is 0 Å². The number of nitrogens with one attached hydrogen (secondary N) is 1. The molecule has 0 radical (unpaired) electrons. The Morgan fingerprint density at radius 3 is 2.54 bits per heavy atom. The maximum absolute atomic E-state index is 12.4. The predicted octanol–water partition coefficient (Wildman–Crippen LogP) is 5.70. The van der Waals surface area contributed by atoms with E-state index < -0.39 is 0 Å². The van der Waals surface area contributed by atoms with Gasteiger partial charge in [0.2, 0.25) is 0 Å². The molecule has 1 heterocycles.